The molecule has 0 saturated carbocycles. The fraction of sp³-hybridized carbons (Fsp3) is 0.200. The van der Waals surface area contributed by atoms with E-state index in [0.717, 1.165) is 27.3 Å². The van der Waals surface area contributed by atoms with Gasteiger partial charge in [-0.15, -0.1) is 0 Å². The Morgan fingerprint density at radius 1 is 1.11 bits per heavy atom. The molecule has 19 heavy (non-hydrogen) atoms. The monoisotopic (exact) mass is 339 g/mol. The zero-order chi connectivity index (χ0) is 13.5. The quantitative estimate of drug-likeness (QED) is 0.768. The molecule has 2 aromatic carbocycles. The normalized spacial score (nSPS) is 10.4. The van der Waals surface area contributed by atoms with Gasteiger partial charge >= 0.3 is 0 Å². The summed E-state index contributed by atoms with van der Waals surface area (Å²) in [6, 6.07) is 15.7. The Kier molecular flexibility index (Phi) is 5.70. The van der Waals surface area contributed by atoms with E-state index < -0.39 is 0 Å². The second kappa shape index (κ2) is 7.53. The van der Waals surface area contributed by atoms with E-state index in [-0.39, 0.29) is 0 Å². The highest BCUT2D eigenvalue weighted by Gasteiger charge is 1.98. The molecule has 0 radical (unpaired) electrons. The van der Waals surface area contributed by atoms with Crippen LogP contribution < -0.4 is 5.32 Å². The summed E-state index contributed by atoms with van der Waals surface area (Å²) in [5.74, 6) is 0. The molecule has 0 fully saturated rings. The predicted octanol–water partition coefficient (Wildman–Crippen LogP) is 4.73. The van der Waals surface area contributed by atoms with Crippen molar-refractivity contribution in [3.63, 3.8) is 0 Å². The standard InChI is InChI=1S/C15H15BrClNO/c16-15-7-2-1-4-12(15)11-19-9-8-18-14-6-3-5-13(17)10-14/h1-7,10,18H,8-9,11H2. The molecular weight excluding hydrogens is 326 g/mol. The Balaban J connectivity index is 1.69. The number of benzene rings is 2. The van der Waals surface area contributed by atoms with E-state index in [1.165, 1.54) is 0 Å². The summed E-state index contributed by atoms with van der Waals surface area (Å²) >= 11 is 9.41. The van der Waals surface area contributed by atoms with Gasteiger partial charge in [-0.05, 0) is 29.8 Å². The number of ether oxygens (including phenoxy) is 1. The van der Waals surface area contributed by atoms with Crippen molar-refractivity contribution in [2.75, 3.05) is 18.5 Å². The largest absolute Gasteiger partial charge is 0.383 e. The van der Waals surface area contributed by atoms with Gasteiger partial charge in [0.15, 0.2) is 0 Å². The van der Waals surface area contributed by atoms with E-state index in [2.05, 4.69) is 27.3 Å². The van der Waals surface area contributed by atoms with Crippen LogP contribution >= 0.6 is 27.5 Å². The lowest BCUT2D eigenvalue weighted by Crippen LogP contribution is -2.09. The van der Waals surface area contributed by atoms with Crippen LogP contribution in [0.25, 0.3) is 0 Å². The molecule has 0 aliphatic carbocycles. The number of nitrogens with one attached hydrogen (secondary N) is 1. The summed E-state index contributed by atoms with van der Waals surface area (Å²) < 4.78 is 6.71. The smallest absolute Gasteiger partial charge is 0.0728 e. The third-order valence-electron chi connectivity index (χ3n) is 2.62. The van der Waals surface area contributed by atoms with Crippen molar-refractivity contribution >= 4 is 33.2 Å². The lowest BCUT2D eigenvalue weighted by molar-refractivity contribution is 0.130. The fourth-order valence-corrected chi connectivity index (χ4v) is 2.25. The SMILES string of the molecule is Clc1cccc(NCCOCc2ccccc2Br)c1. The highest BCUT2D eigenvalue weighted by molar-refractivity contribution is 9.10. The van der Waals surface area contributed by atoms with Gasteiger partial charge in [-0.2, -0.15) is 0 Å². The fourth-order valence-electron chi connectivity index (χ4n) is 1.66. The van der Waals surface area contributed by atoms with E-state index in [9.17, 15) is 0 Å². The van der Waals surface area contributed by atoms with Crippen LogP contribution in [0.5, 0.6) is 0 Å². The van der Waals surface area contributed by atoms with Crippen LogP contribution in [0.3, 0.4) is 0 Å². The maximum absolute atomic E-state index is 5.91. The van der Waals surface area contributed by atoms with Crippen LogP contribution in [-0.4, -0.2) is 13.2 Å². The maximum atomic E-state index is 5.91. The highest BCUT2D eigenvalue weighted by atomic mass is 79.9. The molecule has 1 N–H and O–H groups in total. The van der Waals surface area contributed by atoms with Crippen molar-refractivity contribution in [3.05, 3.63) is 63.6 Å². The zero-order valence-electron chi connectivity index (χ0n) is 10.4. The molecule has 0 aliphatic rings. The van der Waals surface area contributed by atoms with Gasteiger partial charge < -0.3 is 10.1 Å². The molecular formula is C15H15BrClNO. The molecule has 2 aromatic rings. The molecule has 0 spiro atoms. The molecule has 0 aromatic heterocycles. The van der Waals surface area contributed by atoms with Gasteiger partial charge in [0.25, 0.3) is 0 Å². The Bertz CT molecular complexity index is 533. The summed E-state index contributed by atoms with van der Waals surface area (Å²) in [4.78, 5) is 0. The van der Waals surface area contributed by atoms with E-state index >= 15 is 0 Å². The molecule has 2 nitrogen and oxygen atoms in total. The number of rotatable bonds is 6. The minimum Gasteiger partial charge on any atom is -0.383 e. The van der Waals surface area contributed by atoms with E-state index in [1.54, 1.807) is 0 Å². The number of anilines is 1. The lowest BCUT2D eigenvalue weighted by Gasteiger charge is -2.08. The van der Waals surface area contributed by atoms with Crippen molar-refractivity contribution in [2.24, 2.45) is 0 Å². The summed E-state index contributed by atoms with van der Waals surface area (Å²) in [5, 5.41) is 4.00. The first kappa shape index (κ1) is 14.4. The molecule has 2 rings (SSSR count). The maximum Gasteiger partial charge on any atom is 0.0728 e. The molecule has 0 saturated heterocycles. The predicted molar refractivity (Wildman–Crippen MR) is 83.7 cm³/mol. The second-order valence-corrected chi connectivity index (χ2v) is 5.37. The molecule has 0 unspecified atom stereocenters. The number of hydrogen-bond acceptors (Lipinski definition) is 2. The van der Waals surface area contributed by atoms with Crippen LogP contribution in [0.1, 0.15) is 5.56 Å². The Hall–Kier alpha value is -1.03. The summed E-state index contributed by atoms with van der Waals surface area (Å²) in [6.45, 7) is 2.01. The van der Waals surface area contributed by atoms with Gasteiger partial charge in [0, 0.05) is 21.7 Å². The first-order valence-electron chi connectivity index (χ1n) is 6.06. The van der Waals surface area contributed by atoms with Crippen molar-refractivity contribution in [1.82, 2.24) is 0 Å². The van der Waals surface area contributed by atoms with Gasteiger partial charge in [-0.3, -0.25) is 0 Å². The topological polar surface area (TPSA) is 21.3 Å². The van der Waals surface area contributed by atoms with Crippen molar-refractivity contribution in [2.45, 2.75) is 6.61 Å². The average Bonchev–Trinajstić information content (AvgIpc) is 2.40. The molecule has 0 heterocycles. The van der Waals surface area contributed by atoms with Gasteiger partial charge in [0.1, 0.15) is 0 Å². The molecule has 0 amide bonds. The third kappa shape index (κ3) is 4.86. The first-order valence-corrected chi connectivity index (χ1v) is 7.23. The van der Waals surface area contributed by atoms with Crippen LogP contribution in [-0.2, 0) is 11.3 Å². The minimum atomic E-state index is 0.610. The zero-order valence-corrected chi connectivity index (χ0v) is 12.7. The Morgan fingerprint density at radius 2 is 1.95 bits per heavy atom. The number of halogens is 2. The van der Waals surface area contributed by atoms with Gasteiger partial charge in [-0.1, -0.05) is 51.8 Å². The van der Waals surface area contributed by atoms with Crippen molar-refractivity contribution in [3.8, 4) is 0 Å². The van der Waals surface area contributed by atoms with Gasteiger partial charge in [0.2, 0.25) is 0 Å². The molecule has 0 atom stereocenters. The van der Waals surface area contributed by atoms with Crippen LogP contribution in [0.4, 0.5) is 5.69 Å². The summed E-state index contributed by atoms with van der Waals surface area (Å²) in [7, 11) is 0. The minimum absolute atomic E-state index is 0.610. The summed E-state index contributed by atoms with van der Waals surface area (Å²) in [5.41, 5.74) is 2.17. The van der Waals surface area contributed by atoms with E-state index in [4.69, 9.17) is 16.3 Å². The molecule has 0 aliphatic heterocycles. The van der Waals surface area contributed by atoms with Crippen LogP contribution in [0, 0.1) is 0 Å². The molecule has 100 valence electrons. The highest BCUT2D eigenvalue weighted by Crippen LogP contribution is 2.17. The Morgan fingerprint density at radius 3 is 2.74 bits per heavy atom. The lowest BCUT2D eigenvalue weighted by atomic mass is 10.2. The Labute approximate surface area is 126 Å². The van der Waals surface area contributed by atoms with Crippen LogP contribution in [0.15, 0.2) is 53.0 Å². The number of hydrogen-bond donors (Lipinski definition) is 1. The van der Waals surface area contributed by atoms with Crippen LogP contribution in [0.2, 0.25) is 5.02 Å². The van der Waals surface area contributed by atoms with Crippen molar-refractivity contribution < 1.29 is 4.74 Å². The van der Waals surface area contributed by atoms with Gasteiger partial charge in [0.05, 0.1) is 13.2 Å². The molecule has 0 bridgehead atoms. The second-order valence-electron chi connectivity index (χ2n) is 4.08. The van der Waals surface area contributed by atoms with Gasteiger partial charge in [-0.25, -0.2) is 0 Å². The third-order valence-corrected chi connectivity index (χ3v) is 3.62. The first-order chi connectivity index (χ1) is 9.25. The summed E-state index contributed by atoms with van der Waals surface area (Å²) in [6.07, 6.45) is 0. The van der Waals surface area contributed by atoms with E-state index in [0.29, 0.717) is 13.2 Å². The average molecular weight is 341 g/mol. The van der Waals surface area contributed by atoms with E-state index in [1.807, 2.05) is 42.5 Å². The molecule has 4 heteroatoms. The van der Waals surface area contributed by atoms with Crippen molar-refractivity contribution in [1.29, 1.82) is 0 Å².